The van der Waals surface area contributed by atoms with Crippen LogP contribution < -0.4 is 10.1 Å². The second kappa shape index (κ2) is 9.52. The Bertz CT molecular complexity index is 695. The van der Waals surface area contributed by atoms with Gasteiger partial charge in [0, 0.05) is 18.1 Å². The predicted molar refractivity (Wildman–Crippen MR) is 106 cm³/mol. The molecule has 0 saturated carbocycles. The minimum atomic E-state index is -0.498. The van der Waals surface area contributed by atoms with Crippen molar-refractivity contribution in [2.75, 3.05) is 12.3 Å². The van der Waals surface area contributed by atoms with E-state index in [1.165, 1.54) is 11.1 Å². The normalized spacial score (nSPS) is 11.8. The molecule has 0 heterocycles. The lowest BCUT2D eigenvalue weighted by atomic mass is 10.1. The van der Waals surface area contributed by atoms with Crippen LogP contribution in [0, 0.1) is 20.8 Å². The van der Waals surface area contributed by atoms with Crippen LogP contribution in [0.5, 0.6) is 5.75 Å². The maximum absolute atomic E-state index is 12.2. The van der Waals surface area contributed by atoms with E-state index in [0.717, 1.165) is 28.4 Å². The Morgan fingerprint density at radius 2 is 1.80 bits per heavy atom. The van der Waals surface area contributed by atoms with Gasteiger partial charge in [-0.1, -0.05) is 30.3 Å². The molecule has 0 unspecified atom stereocenters. The highest BCUT2D eigenvalue weighted by Crippen LogP contribution is 2.18. The second-order valence-corrected chi connectivity index (χ2v) is 7.46. The zero-order chi connectivity index (χ0) is 18.2. The Morgan fingerprint density at radius 3 is 2.48 bits per heavy atom. The van der Waals surface area contributed by atoms with Crippen molar-refractivity contribution in [3.05, 3.63) is 64.7 Å². The van der Waals surface area contributed by atoms with Gasteiger partial charge in [-0.05, 0) is 62.1 Å². The number of carbonyl (C=O) groups is 1. The van der Waals surface area contributed by atoms with E-state index in [1.54, 1.807) is 6.92 Å². The van der Waals surface area contributed by atoms with Crippen LogP contribution in [-0.2, 0) is 10.5 Å². The summed E-state index contributed by atoms with van der Waals surface area (Å²) in [5.74, 6) is 2.53. The number of aryl methyl sites for hydroxylation is 3. The number of ether oxygens (including phenoxy) is 1. The quantitative estimate of drug-likeness (QED) is 0.710. The Morgan fingerprint density at radius 1 is 1.12 bits per heavy atom. The smallest absolute Gasteiger partial charge is 0.260 e. The zero-order valence-corrected chi connectivity index (χ0v) is 16.3. The van der Waals surface area contributed by atoms with Crippen molar-refractivity contribution < 1.29 is 9.53 Å². The molecule has 0 aromatic heterocycles. The molecule has 0 bridgehead atoms. The number of rotatable bonds is 8. The number of carbonyl (C=O) groups excluding carboxylic acids is 1. The molecule has 25 heavy (non-hydrogen) atoms. The first-order valence-corrected chi connectivity index (χ1v) is 9.76. The molecule has 0 aliphatic heterocycles. The van der Waals surface area contributed by atoms with Crippen LogP contribution in [0.25, 0.3) is 0 Å². The van der Waals surface area contributed by atoms with Gasteiger partial charge in [0.15, 0.2) is 6.10 Å². The second-order valence-electron chi connectivity index (χ2n) is 6.35. The van der Waals surface area contributed by atoms with Crippen LogP contribution in [0.1, 0.15) is 29.2 Å². The Labute approximate surface area is 155 Å². The number of amides is 1. The fraction of sp³-hybridized carbons (Fsp3) is 0.381. The monoisotopic (exact) mass is 357 g/mol. The number of hydrogen-bond donors (Lipinski definition) is 1. The maximum atomic E-state index is 12.2. The van der Waals surface area contributed by atoms with Gasteiger partial charge in [0.2, 0.25) is 0 Å². The van der Waals surface area contributed by atoms with Gasteiger partial charge in [-0.25, -0.2) is 0 Å². The van der Waals surface area contributed by atoms with E-state index in [9.17, 15) is 4.79 Å². The lowest BCUT2D eigenvalue weighted by molar-refractivity contribution is -0.127. The molecule has 0 saturated heterocycles. The number of hydrogen-bond acceptors (Lipinski definition) is 3. The molecule has 1 atom stereocenters. The molecule has 2 rings (SSSR count). The third-order valence-electron chi connectivity index (χ3n) is 3.94. The molecule has 2 aromatic carbocycles. The molecule has 0 fully saturated rings. The summed E-state index contributed by atoms with van der Waals surface area (Å²) in [4.78, 5) is 12.2. The van der Waals surface area contributed by atoms with Gasteiger partial charge in [0.25, 0.3) is 5.91 Å². The lowest BCUT2D eigenvalue weighted by Crippen LogP contribution is -2.37. The average molecular weight is 358 g/mol. The fourth-order valence-corrected chi connectivity index (χ4v) is 3.54. The summed E-state index contributed by atoms with van der Waals surface area (Å²) in [7, 11) is 0. The van der Waals surface area contributed by atoms with Crippen molar-refractivity contribution >= 4 is 17.7 Å². The summed E-state index contributed by atoms with van der Waals surface area (Å²) in [5, 5.41) is 2.95. The average Bonchev–Trinajstić information content (AvgIpc) is 2.55. The fourth-order valence-electron chi connectivity index (χ4n) is 2.60. The molecule has 0 aliphatic carbocycles. The minimum Gasteiger partial charge on any atom is -0.481 e. The van der Waals surface area contributed by atoms with Gasteiger partial charge >= 0.3 is 0 Å². The summed E-state index contributed by atoms with van der Waals surface area (Å²) in [5.41, 5.74) is 4.94. The van der Waals surface area contributed by atoms with Crippen LogP contribution in [0.3, 0.4) is 0 Å². The van der Waals surface area contributed by atoms with Gasteiger partial charge in [0.1, 0.15) is 5.75 Å². The van der Waals surface area contributed by atoms with E-state index in [2.05, 4.69) is 42.6 Å². The molecule has 1 N–H and O–H groups in total. The van der Waals surface area contributed by atoms with Crippen LogP contribution in [-0.4, -0.2) is 24.3 Å². The summed E-state index contributed by atoms with van der Waals surface area (Å²) >= 11 is 1.83. The van der Waals surface area contributed by atoms with E-state index >= 15 is 0 Å². The molecule has 0 radical (unpaired) electrons. The van der Waals surface area contributed by atoms with Crippen molar-refractivity contribution in [1.82, 2.24) is 5.32 Å². The molecule has 3 nitrogen and oxygen atoms in total. The molecule has 2 aromatic rings. The summed E-state index contributed by atoms with van der Waals surface area (Å²) in [6.45, 7) is 8.61. The Hall–Kier alpha value is -1.94. The highest BCUT2D eigenvalue weighted by molar-refractivity contribution is 7.98. The van der Waals surface area contributed by atoms with Gasteiger partial charge < -0.3 is 10.1 Å². The molecular formula is C21H27NO2S. The van der Waals surface area contributed by atoms with Crippen molar-refractivity contribution in [2.24, 2.45) is 0 Å². The van der Waals surface area contributed by atoms with E-state index < -0.39 is 6.10 Å². The first kappa shape index (κ1) is 19.4. The van der Waals surface area contributed by atoms with E-state index in [-0.39, 0.29) is 5.91 Å². The maximum Gasteiger partial charge on any atom is 0.260 e. The van der Waals surface area contributed by atoms with Crippen LogP contribution in [0.15, 0.2) is 42.5 Å². The number of benzene rings is 2. The highest BCUT2D eigenvalue weighted by Gasteiger charge is 2.14. The number of nitrogens with one attached hydrogen (secondary N) is 1. The molecule has 134 valence electrons. The van der Waals surface area contributed by atoms with Crippen LogP contribution in [0.2, 0.25) is 0 Å². The van der Waals surface area contributed by atoms with Gasteiger partial charge in [-0.3, -0.25) is 4.79 Å². The SMILES string of the molecule is Cc1cc(C)cc(O[C@@H](C)C(=O)NCCSCc2ccccc2C)c1. The summed E-state index contributed by atoms with van der Waals surface area (Å²) in [6, 6.07) is 14.4. The Kier molecular flexibility index (Phi) is 7.38. The molecule has 4 heteroatoms. The van der Waals surface area contributed by atoms with Gasteiger partial charge in [-0.2, -0.15) is 11.8 Å². The zero-order valence-electron chi connectivity index (χ0n) is 15.5. The first-order valence-electron chi connectivity index (χ1n) is 8.60. The van der Waals surface area contributed by atoms with Gasteiger partial charge in [-0.15, -0.1) is 0 Å². The topological polar surface area (TPSA) is 38.3 Å². The van der Waals surface area contributed by atoms with Crippen molar-refractivity contribution in [2.45, 2.75) is 39.6 Å². The predicted octanol–water partition coefficient (Wildman–Crippen LogP) is 4.43. The van der Waals surface area contributed by atoms with Crippen molar-refractivity contribution in [1.29, 1.82) is 0 Å². The van der Waals surface area contributed by atoms with Crippen LogP contribution in [0.4, 0.5) is 0 Å². The third kappa shape index (κ3) is 6.46. The first-order chi connectivity index (χ1) is 12.0. The standard InChI is InChI=1S/C21H27NO2S/c1-15-11-16(2)13-20(12-15)24-18(4)21(23)22-9-10-25-14-19-8-6-5-7-17(19)3/h5-8,11-13,18H,9-10,14H2,1-4H3,(H,22,23)/t18-/m0/s1. The van der Waals surface area contributed by atoms with Crippen molar-refractivity contribution in [3.8, 4) is 5.75 Å². The molecule has 0 spiro atoms. The van der Waals surface area contributed by atoms with Crippen molar-refractivity contribution in [3.63, 3.8) is 0 Å². The third-order valence-corrected chi connectivity index (χ3v) is 4.95. The van der Waals surface area contributed by atoms with Crippen LogP contribution >= 0.6 is 11.8 Å². The largest absolute Gasteiger partial charge is 0.481 e. The lowest BCUT2D eigenvalue weighted by Gasteiger charge is -2.15. The Balaban J connectivity index is 1.70. The highest BCUT2D eigenvalue weighted by atomic mass is 32.2. The minimum absolute atomic E-state index is 0.0735. The van der Waals surface area contributed by atoms with E-state index in [4.69, 9.17) is 4.74 Å². The molecule has 0 aliphatic rings. The molecular weight excluding hydrogens is 330 g/mol. The molecule has 1 amide bonds. The van der Waals surface area contributed by atoms with E-state index in [0.29, 0.717) is 6.54 Å². The summed E-state index contributed by atoms with van der Waals surface area (Å²) < 4.78 is 5.76. The van der Waals surface area contributed by atoms with Gasteiger partial charge in [0.05, 0.1) is 0 Å². The number of thioether (sulfide) groups is 1. The summed E-state index contributed by atoms with van der Waals surface area (Å²) in [6.07, 6.45) is -0.498. The van der Waals surface area contributed by atoms with E-state index in [1.807, 2.05) is 37.7 Å².